The van der Waals surface area contributed by atoms with Crippen molar-refractivity contribution < 1.29 is 9.47 Å². The van der Waals surface area contributed by atoms with Crippen molar-refractivity contribution in [1.82, 2.24) is 10.2 Å². The fraction of sp³-hybridized carbons (Fsp3) is 0.714. The molecule has 0 aromatic carbocycles. The molecule has 3 N–H and O–H groups in total. The van der Waals surface area contributed by atoms with Crippen molar-refractivity contribution in [2.24, 2.45) is 5.84 Å². The molecule has 1 heterocycles. The highest BCUT2D eigenvalue weighted by molar-refractivity contribution is 7.15. The van der Waals surface area contributed by atoms with E-state index in [1.54, 1.807) is 7.11 Å². The minimum atomic E-state index is 0.0539. The van der Waals surface area contributed by atoms with Crippen LogP contribution in [0.2, 0.25) is 0 Å². The first-order chi connectivity index (χ1) is 6.76. The van der Waals surface area contributed by atoms with Crippen molar-refractivity contribution in [2.45, 2.75) is 19.6 Å². The summed E-state index contributed by atoms with van der Waals surface area (Å²) in [6, 6.07) is 0. The number of anilines is 1. The Morgan fingerprint density at radius 3 is 2.93 bits per heavy atom. The summed E-state index contributed by atoms with van der Waals surface area (Å²) in [4.78, 5) is 0. The zero-order valence-corrected chi connectivity index (χ0v) is 9.00. The molecule has 80 valence electrons. The number of rotatable bonds is 6. The minimum Gasteiger partial charge on any atom is -0.382 e. The molecule has 0 saturated carbocycles. The maximum atomic E-state index is 5.44. The summed E-state index contributed by atoms with van der Waals surface area (Å²) in [6.07, 6.45) is 0.0539. The lowest BCUT2D eigenvalue weighted by Gasteiger charge is -2.09. The first-order valence-electron chi connectivity index (χ1n) is 4.15. The monoisotopic (exact) mass is 218 g/mol. The van der Waals surface area contributed by atoms with Crippen molar-refractivity contribution in [3.8, 4) is 0 Å². The predicted molar refractivity (Wildman–Crippen MR) is 53.8 cm³/mol. The molecular formula is C7H14N4O2S. The maximum absolute atomic E-state index is 5.44. The van der Waals surface area contributed by atoms with Crippen molar-refractivity contribution in [2.75, 3.05) is 19.1 Å². The van der Waals surface area contributed by atoms with Gasteiger partial charge in [0.2, 0.25) is 5.13 Å². The summed E-state index contributed by atoms with van der Waals surface area (Å²) in [5, 5.41) is 9.04. The normalized spacial score (nSPS) is 12.8. The van der Waals surface area contributed by atoms with Crippen LogP contribution in [0.25, 0.3) is 0 Å². The summed E-state index contributed by atoms with van der Waals surface area (Å²) in [6.45, 7) is 2.94. The van der Waals surface area contributed by atoms with Crippen LogP contribution in [-0.2, 0) is 16.1 Å². The molecule has 1 aromatic rings. The van der Waals surface area contributed by atoms with Gasteiger partial charge in [-0.15, -0.1) is 10.2 Å². The minimum absolute atomic E-state index is 0.0539. The fourth-order valence-electron chi connectivity index (χ4n) is 0.867. The number of ether oxygens (including phenoxy) is 2. The zero-order valence-electron chi connectivity index (χ0n) is 8.19. The third-order valence-electron chi connectivity index (χ3n) is 1.48. The SMILES string of the molecule is COCC(C)OCc1nnc(NN)s1. The van der Waals surface area contributed by atoms with Crippen LogP contribution in [0.4, 0.5) is 5.13 Å². The topological polar surface area (TPSA) is 82.3 Å². The zero-order chi connectivity index (χ0) is 10.4. The van der Waals surface area contributed by atoms with Crippen molar-refractivity contribution in [3.63, 3.8) is 0 Å². The van der Waals surface area contributed by atoms with E-state index in [0.717, 1.165) is 5.01 Å². The van der Waals surface area contributed by atoms with E-state index in [2.05, 4.69) is 15.6 Å². The first-order valence-corrected chi connectivity index (χ1v) is 4.97. The molecule has 0 amide bonds. The van der Waals surface area contributed by atoms with E-state index in [1.165, 1.54) is 11.3 Å². The second-order valence-corrected chi connectivity index (χ2v) is 3.78. The number of nitrogens with two attached hydrogens (primary N) is 1. The van der Waals surface area contributed by atoms with Gasteiger partial charge in [0.15, 0.2) is 0 Å². The van der Waals surface area contributed by atoms with Crippen LogP contribution in [0.5, 0.6) is 0 Å². The second-order valence-electron chi connectivity index (χ2n) is 2.72. The Hall–Kier alpha value is -0.760. The summed E-state index contributed by atoms with van der Waals surface area (Å²) in [5.41, 5.74) is 2.42. The molecule has 0 bridgehead atoms. The van der Waals surface area contributed by atoms with E-state index < -0.39 is 0 Å². The fourth-order valence-corrected chi connectivity index (χ4v) is 1.44. The van der Waals surface area contributed by atoms with Crippen LogP contribution in [0, 0.1) is 0 Å². The maximum Gasteiger partial charge on any atom is 0.219 e. The van der Waals surface area contributed by atoms with Gasteiger partial charge in [0, 0.05) is 7.11 Å². The number of hydrogen-bond acceptors (Lipinski definition) is 7. The quantitative estimate of drug-likeness (QED) is 0.530. The first kappa shape index (κ1) is 11.3. The van der Waals surface area contributed by atoms with E-state index in [0.29, 0.717) is 18.3 Å². The van der Waals surface area contributed by atoms with E-state index >= 15 is 0 Å². The molecule has 6 nitrogen and oxygen atoms in total. The van der Waals surface area contributed by atoms with Crippen molar-refractivity contribution in [3.05, 3.63) is 5.01 Å². The van der Waals surface area contributed by atoms with Crippen LogP contribution in [0.3, 0.4) is 0 Å². The highest BCUT2D eigenvalue weighted by Gasteiger charge is 2.06. The smallest absolute Gasteiger partial charge is 0.219 e. The van der Waals surface area contributed by atoms with Gasteiger partial charge in [-0.2, -0.15) is 0 Å². The van der Waals surface area contributed by atoms with Gasteiger partial charge in [-0.3, -0.25) is 5.43 Å². The Bertz CT molecular complexity index is 268. The van der Waals surface area contributed by atoms with Crippen molar-refractivity contribution in [1.29, 1.82) is 0 Å². The lowest BCUT2D eigenvalue weighted by molar-refractivity contribution is -0.000356. The standard InChI is InChI=1S/C7H14N4O2S/c1-5(3-12-2)13-4-6-10-11-7(9-8)14-6/h5H,3-4,8H2,1-2H3,(H,9,11). The average molecular weight is 218 g/mol. The molecule has 0 aliphatic rings. The summed E-state index contributed by atoms with van der Waals surface area (Å²) < 4.78 is 10.4. The van der Waals surface area contributed by atoms with E-state index in [1.807, 2.05) is 6.92 Å². The summed E-state index contributed by atoms with van der Waals surface area (Å²) in [7, 11) is 1.64. The van der Waals surface area contributed by atoms with E-state index in [-0.39, 0.29) is 6.10 Å². The van der Waals surface area contributed by atoms with Crippen LogP contribution in [0.1, 0.15) is 11.9 Å². The Labute approximate surface area is 86.4 Å². The molecule has 0 radical (unpaired) electrons. The summed E-state index contributed by atoms with van der Waals surface area (Å²) >= 11 is 1.37. The number of hydrogen-bond donors (Lipinski definition) is 2. The van der Waals surface area contributed by atoms with Gasteiger partial charge in [-0.1, -0.05) is 11.3 Å². The van der Waals surface area contributed by atoms with Gasteiger partial charge < -0.3 is 9.47 Å². The lowest BCUT2D eigenvalue weighted by Crippen LogP contribution is -2.14. The third-order valence-corrected chi connectivity index (χ3v) is 2.31. The molecule has 0 aliphatic heterocycles. The molecule has 7 heteroatoms. The van der Waals surface area contributed by atoms with Gasteiger partial charge >= 0.3 is 0 Å². The number of nitrogens with one attached hydrogen (secondary N) is 1. The van der Waals surface area contributed by atoms with Gasteiger partial charge in [0.05, 0.1) is 12.7 Å². The highest BCUT2D eigenvalue weighted by Crippen LogP contribution is 2.14. The van der Waals surface area contributed by atoms with Gasteiger partial charge in [-0.05, 0) is 6.92 Å². The molecule has 0 aliphatic carbocycles. The van der Waals surface area contributed by atoms with E-state index in [9.17, 15) is 0 Å². The van der Waals surface area contributed by atoms with Gasteiger partial charge in [0.1, 0.15) is 11.6 Å². The number of methoxy groups -OCH3 is 1. The molecule has 1 aromatic heterocycles. The Morgan fingerprint density at radius 2 is 2.36 bits per heavy atom. The van der Waals surface area contributed by atoms with Gasteiger partial charge in [-0.25, -0.2) is 5.84 Å². The second kappa shape index (κ2) is 5.86. The molecule has 0 fully saturated rings. The molecule has 14 heavy (non-hydrogen) atoms. The molecule has 0 spiro atoms. The lowest BCUT2D eigenvalue weighted by atomic mass is 10.4. The molecule has 1 unspecified atom stereocenters. The van der Waals surface area contributed by atoms with Crippen LogP contribution in [-0.4, -0.2) is 30.0 Å². The molecule has 0 saturated heterocycles. The van der Waals surface area contributed by atoms with Crippen LogP contribution >= 0.6 is 11.3 Å². The largest absolute Gasteiger partial charge is 0.382 e. The van der Waals surface area contributed by atoms with Crippen molar-refractivity contribution >= 4 is 16.5 Å². The van der Waals surface area contributed by atoms with Crippen LogP contribution in [0.15, 0.2) is 0 Å². The number of nitrogen functional groups attached to an aromatic ring is 1. The molecule has 1 rings (SSSR count). The Morgan fingerprint density at radius 1 is 1.57 bits per heavy atom. The molecular weight excluding hydrogens is 204 g/mol. The predicted octanol–water partition coefficient (Wildman–Crippen LogP) is 0.375. The highest BCUT2D eigenvalue weighted by atomic mass is 32.1. The Balaban J connectivity index is 2.30. The third kappa shape index (κ3) is 3.54. The Kier molecular flexibility index (Phi) is 4.74. The van der Waals surface area contributed by atoms with Crippen LogP contribution < -0.4 is 11.3 Å². The number of hydrazine groups is 1. The summed E-state index contributed by atoms with van der Waals surface area (Å²) in [5.74, 6) is 5.16. The average Bonchev–Trinajstić information content (AvgIpc) is 2.63. The van der Waals surface area contributed by atoms with E-state index in [4.69, 9.17) is 15.3 Å². The van der Waals surface area contributed by atoms with Gasteiger partial charge in [0.25, 0.3) is 0 Å². The number of aromatic nitrogens is 2. The number of nitrogens with zero attached hydrogens (tertiary/aromatic N) is 2. The molecule has 1 atom stereocenters.